The summed E-state index contributed by atoms with van der Waals surface area (Å²) in [6.45, 7) is -0.283. The molecule has 1 aromatic carbocycles. The van der Waals surface area contributed by atoms with Gasteiger partial charge in [0.15, 0.2) is 0 Å². The lowest BCUT2D eigenvalue weighted by atomic mass is 10.1. The first-order valence-electron chi connectivity index (χ1n) is 4.70. The van der Waals surface area contributed by atoms with Gasteiger partial charge >= 0.3 is 0 Å². The SMILES string of the molecule is O=[N+]([O-])c1ccc(-n2cc(Br)cn2)c(CO)c1. The van der Waals surface area contributed by atoms with Crippen molar-refractivity contribution in [2.45, 2.75) is 6.61 Å². The minimum Gasteiger partial charge on any atom is -0.392 e. The summed E-state index contributed by atoms with van der Waals surface area (Å²) >= 11 is 3.26. The van der Waals surface area contributed by atoms with Gasteiger partial charge in [-0.1, -0.05) is 0 Å². The van der Waals surface area contributed by atoms with Crippen LogP contribution in [0.4, 0.5) is 5.69 Å². The number of aliphatic hydroxyl groups is 1. The van der Waals surface area contributed by atoms with E-state index < -0.39 is 4.92 Å². The monoisotopic (exact) mass is 297 g/mol. The van der Waals surface area contributed by atoms with Crippen LogP contribution < -0.4 is 0 Å². The van der Waals surface area contributed by atoms with Gasteiger partial charge < -0.3 is 5.11 Å². The highest BCUT2D eigenvalue weighted by Gasteiger charge is 2.12. The fourth-order valence-electron chi connectivity index (χ4n) is 1.47. The summed E-state index contributed by atoms with van der Waals surface area (Å²) in [4.78, 5) is 10.1. The lowest BCUT2D eigenvalue weighted by molar-refractivity contribution is -0.384. The van der Waals surface area contributed by atoms with E-state index in [0.717, 1.165) is 4.47 Å². The molecule has 0 bridgehead atoms. The Morgan fingerprint density at radius 3 is 2.82 bits per heavy atom. The number of nitro groups is 1. The van der Waals surface area contributed by atoms with Crippen LogP contribution in [0.5, 0.6) is 0 Å². The van der Waals surface area contributed by atoms with Crippen LogP contribution >= 0.6 is 15.9 Å². The molecule has 0 unspecified atom stereocenters. The second-order valence-electron chi connectivity index (χ2n) is 3.33. The minimum absolute atomic E-state index is 0.0518. The molecule has 0 spiro atoms. The minimum atomic E-state index is -0.498. The molecule has 0 saturated heterocycles. The Hall–Kier alpha value is -1.73. The van der Waals surface area contributed by atoms with Crippen molar-refractivity contribution in [3.63, 3.8) is 0 Å². The molecule has 1 aromatic heterocycles. The molecule has 0 fully saturated rings. The molecule has 0 aliphatic heterocycles. The van der Waals surface area contributed by atoms with E-state index in [0.29, 0.717) is 11.3 Å². The maximum absolute atomic E-state index is 10.6. The predicted molar refractivity (Wildman–Crippen MR) is 63.8 cm³/mol. The van der Waals surface area contributed by atoms with Crippen molar-refractivity contribution < 1.29 is 10.0 Å². The van der Waals surface area contributed by atoms with Crippen molar-refractivity contribution in [1.29, 1.82) is 0 Å². The van der Waals surface area contributed by atoms with Crippen LogP contribution in [0, 0.1) is 10.1 Å². The summed E-state index contributed by atoms with van der Waals surface area (Å²) in [6, 6.07) is 4.28. The highest BCUT2D eigenvalue weighted by atomic mass is 79.9. The Kier molecular flexibility index (Phi) is 3.21. The first-order chi connectivity index (χ1) is 8.11. The van der Waals surface area contributed by atoms with Crippen LogP contribution in [0.2, 0.25) is 0 Å². The average Bonchev–Trinajstić information content (AvgIpc) is 2.74. The summed E-state index contributed by atoms with van der Waals surface area (Å²) in [6.07, 6.45) is 3.31. The normalized spacial score (nSPS) is 10.5. The third-order valence-electron chi connectivity index (χ3n) is 2.24. The van der Waals surface area contributed by atoms with Gasteiger partial charge in [0.25, 0.3) is 5.69 Å². The number of halogens is 1. The number of nitro benzene ring substituents is 1. The molecule has 0 amide bonds. The van der Waals surface area contributed by atoms with Crippen molar-refractivity contribution in [3.05, 3.63) is 50.7 Å². The van der Waals surface area contributed by atoms with Gasteiger partial charge in [-0.15, -0.1) is 0 Å². The number of aromatic nitrogens is 2. The molecule has 2 aromatic rings. The van der Waals surface area contributed by atoms with E-state index >= 15 is 0 Å². The molecule has 6 nitrogen and oxygen atoms in total. The van der Waals surface area contributed by atoms with Gasteiger partial charge in [0.2, 0.25) is 0 Å². The first-order valence-corrected chi connectivity index (χ1v) is 5.50. The molecule has 0 atom stereocenters. The van der Waals surface area contributed by atoms with Gasteiger partial charge in [-0.05, 0) is 22.0 Å². The predicted octanol–water partition coefficient (Wildman–Crippen LogP) is 2.04. The standard InChI is InChI=1S/C10H8BrN3O3/c11-8-4-12-13(5-8)10-2-1-9(14(16)17)3-7(10)6-15/h1-5,15H,6H2. The lowest BCUT2D eigenvalue weighted by Gasteiger charge is -2.06. The molecule has 1 N–H and O–H groups in total. The van der Waals surface area contributed by atoms with Crippen molar-refractivity contribution >= 4 is 21.6 Å². The van der Waals surface area contributed by atoms with Gasteiger partial charge in [0, 0.05) is 23.9 Å². The third-order valence-corrected chi connectivity index (χ3v) is 2.65. The molecule has 2 rings (SSSR count). The summed E-state index contributed by atoms with van der Waals surface area (Å²) in [5.74, 6) is 0. The highest BCUT2D eigenvalue weighted by Crippen LogP contribution is 2.22. The summed E-state index contributed by atoms with van der Waals surface area (Å²) in [5.41, 5.74) is 1.02. The number of hydrogen-bond acceptors (Lipinski definition) is 4. The second-order valence-corrected chi connectivity index (χ2v) is 4.25. The van der Waals surface area contributed by atoms with E-state index in [9.17, 15) is 15.2 Å². The Morgan fingerprint density at radius 1 is 1.53 bits per heavy atom. The number of hydrogen-bond donors (Lipinski definition) is 1. The molecule has 88 valence electrons. The number of benzene rings is 1. The average molecular weight is 298 g/mol. The van der Waals surface area contributed by atoms with Gasteiger partial charge in [-0.2, -0.15) is 5.10 Å². The van der Waals surface area contributed by atoms with Crippen LogP contribution in [0.15, 0.2) is 35.1 Å². The zero-order valence-corrected chi connectivity index (χ0v) is 10.2. The van der Waals surface area contributed by atoms with E-state index in [1.807, 2.05) is 0 Å². The second kappa shape index (κ2) is 4.64. The Bertz CT molecular complexity index is 568. The van der Waals surface area contributed by atoms with Gasteiger partial charge in [-0.25, -0.2) is 4.68 Å². The maximum Gasteiger partial charge on any atom is 0.269 e. The quantitative estimate of drug-likeness (QED) is 0.694. The zero-order chi connectivity index (χ0) is 12.4. The van der Waals surface area contributed by atoms with Crippen LogP contribution in [0.3, 0.4) is 0 Å². The maximum atomic E-state index is 10.6. The molecule has 7 heteroatoms. The summed E-state index contributed by atoms with van der Waals surface area (Å²) in [7, 11) is 0. The first kappa shape index (κ1) is 11.7. The van der Waals surface area contributed by atoms with Crippen molar-refractivity contribution in [2.24, 2.45) is 0 Å². The van der Waals surface area contributed by atoms with Gasteiger partial charge in [0.1, 0.15) is 0 Å². The van der Waals surface area contributed by atoms with E-state index in [1.165, 1.54) is 12.1 Å². The van der Waals surface area contributed by atoms with Crippen LogP contribution in [0.25, 0.3) is 5.69 Å². The fourth-order valence-corrected chi connectivity index (χ4v) is 1.75. The van der Waals surface area contributed by atoms with Gasteiger partial charge in [-0.3, -0.25) is 10.1 Å². The number of rotatable bonds is 3. The van der Waals surface area contributed by atoms with Gasteiger partial charge in [0.05, 0.1) is 27.9 Å². The molecule has 0 aliphatic carbocycles. The van der Waals surface area contributed by atoms with E-state index in [4.69, 9.17) is 0 Å². The molecular weight excluding hydrogens is 290 g/mol. The van der Waals surface area contributed by atoms with E-state index in [2.05, 4.69) is 21.0 Å². The molecule has 0 saturated carbocycles. The third kappa shape index (κ3) is 2.34. The molecular formula is C10H8BrN3O3. The van der Waals surface area contributed by atoms with Crippen LogP contribution in [0.1, 0.15) is 5.56 Å². The zero-order valence-electron chi connectivity index (χ0n) is 8.58. The molecule has 0 aliphatic rings. The largest absolute Gasteiger partial charge is 0.392 e. The highest BCUT2D eigenvalue weighted by molar-refractivity contribution is 9.10. The summed E-state index contributed by atoms with van der Waals surface area (Å²) < 4.78 is 2.33. The van der Waals surface area contributed by atoms with Crippen LogP contribution in [-0.4, -0.2) is 19.8 Å². The lowest BCUT2D eigenvalue weighted by Crippen LogP contribution is -2.01. The fraction of sp³-hybridized carbons (Fsp3) is 0.100. The Labute approximate surface area is 105 Å². The number of aliphatic hydroxyl groups excluding tert-OH is 1. The molecule has 17 heavy (non-hydrogen) atoms. The summed E-state index contributed by atoms with van der Waals surface area (Å²) in [5, 5.41) is 23.9. The topological polar surface area (TPSA) is 81.2 Å². The Balaban J connectivity index is 2.51. The van der Waals surface area contributed by atoms with E-state index in [-0.39, 0.29) is 12.3 Å². The van der Waals surface area contributed by atoms with Crippen molar-refractivity contribution in [1.82, 2.24) is 9.78 Å². The molecule has 0 radical (unpaired) electrons. The number of nitrogens with zero attached hydrogens (tertiary/aromatic N) is 3. The smallest absolute Gasteiger partial charge is 0.269 e. The Morgan fingerprint density at radius 2 is 2.29 bits per heavy atom. The van der Waals surface area contributed by atoms with Crippen LogP contribution in [-0.2, 0) is 6.61 Å². The molecule has 1 heterocycles. The van der Waals surface area contributed by atoms with Crippen molar-refractivity contribution in [3.8, 4) is 5.69 Å². The van der Waals surface area contributed by atoms with E-state index in [1.54, 1.807) is 23.1 Å². The number of non-ortho nitro benzene ring substituents is 1. The van der Waals surface area contributed by atoms with Crippen molar-refractivity contribution in [2.75, 3.05) is 0 Å².